The fraction of sp³-hybridized carbons (Fsp3) is 0.278. The van der Waals surface area contributed by atoms with E-state index in [1.54, 1.807) is 24.8 Å². The topological polar surface area (TPSA) is 51.6 Å². The van der Waals surface area contributed by atoms with Gasteiger partial charge in [-0.05, 0) is 62.0 Å². The van der Waals surface area contributed by atoms with E-state index in [1.165, 1.54) is 33.4 Å². The van der Waals surface area contributed by atoms with Gasteiger partial charge in [0, 0.05) is 38.9 Å². The lowest BCUT2D eigenvalue weighted by Gasteiger charge is -2.42. The lowest BCUT2D eigenvalue weighted by Crippen LogP contribution is -2.26. The highest BCUT2D eigenvalue weighted by Crippen LogP contribution is 2.62. The van der Waals surface area contributed by atoms with Gasteiger partial charge in [-0.3, -0.25) is 19.9 Å². The van der Waals surface area contributed by atoms with Crippen LogP contribution in [0.4, 0.5) is 0 Å². The Balaban J connectivity index is 1.74. The second-order valence-corrected chi connectivity index (χ2v) is 18.5. The summed E-state index contributed by atoms with van der Waals surface area (Å²) < 4.78 is 0. The summed E-state index contributed by atoms with van der Waals surface area (Å²) in [5.74, 6) is 0. The summed E-state index contributed by atoms with van der Waals surface area (Å²) in [5.41, 5.74) is 9.72. The maximum Gasteiger partial charge on any atom is 0.0877 e. The molecule has 4 nitrogen and oxygen atoms in total. The molecule has 0 N–H and O–H groups in total. The van der Waals surface area contributed by atoms with E-state index in [-0.39, 0.29) is 18.2 Å². The van der Waals surface area contributed by atoms with Crippen molar-refractivity contribution in [2.24, 2.45) is 0 Å². The molecule has 0 unspecified atom stereocenters. The Morgan fingerprint density at radius 1 is 0.548 bits per heavy atom. The van der Waals surface area contributed by atoms with E-state index in [9.17, 15) is 0 Å². The molecule has 5 rings (SSSR count). The Morgan fingerprint density at radius 3 is 1.36 bits per heavy atom. The van der Waals surface area contributed by atoms with E-state index in [4.69, 9.17) is 9.97 Å². The molecule has 6 heteroatoms. The van der Waals surface area contributed by atoms with Crippen LogP contribution in [0.25, 0.3) is 22.3 Å². The van der Waals surface area contributed by atoms with Crippen molar-refractivity contribution in [3.63, 3.8) is 0 Å². The normalized spacial score (nSPS) is 12.2. The molecule has 0 aliphatic carbocycles. The van der Waals surface area contributed by atoms with Gasteiger partial charge >= 0.3 is 0 Å². The van der Waals surface area contributed by atoms with Gasteiger partial charge in [0.2, 0.25) is 0 Å². The number of aromatic nitrogens is 4. The van der Waals surface area contributed by atoms with Crippen LogP contribution in [-0.4, -0.2) is 30.2 Å². The maximum atomic E-state index is 4.77. The standard InChI is InChI=1S/C36H40N4P2/c1-35(2,3)42(36(4,5)6)26-30-22-32(28-15-11-8-12-16-28)31(27-13-9-7-10-14-27)21-29(30)25-41(33-23-37-17-19-39-33)34-24-38-18-20-40-34/h7-24H,25-26H2,1-6H3. The first-order valence-electron chi connectivity index (χ1n) is 14.5. The number of rotatable bonds is 8. The summed E-state index contributed by atoms with van der Waals surface area (Å²) >= 11 is 0. The molecule has 0 saturated carbocycles. The second kappa shape index (κ2) is 12.9. The Kier molecular flexibility index (Phi) is 9.26. The van der Waals surface area contributed by atoms with Crippen molar-refractivity contribution >= 4 is 26.7 Å². The summed E-state index contributed by atoms with van der Waals surface area (Å²) in [7, 11) is -1.27. The molecule has 0 bridgehead atoms. The van der Waals surface area contributed by atoms with Gasteiger partial charge in [-0.2, -0.15) is 0 Å². The largest absolute Gasteiger partial charge is 0.261 e. The van der Waals surface area contributed by atoms with Crippen molar-refractivity contribution in [2.75, 3.05) is 0 Å². The number of hydrogen-bond acceptors (Lipinski definition) is 4. The van der Waals surface area contributed by atoms with E-state index < -0.39 is 7.92 Å². The van der Waals surface area contributed by atoms with Crippen molar-refractivity contribution in [3.05, 3.63) is 121 Å². The molecule has 0 aliphatic rings. The highest BCUT2D eigenvalue weighted by atomic mass is 31.1. The first-order valence-corrected chi connectivity index (χ1v) is 17.5. The minimum absolute atomic E-state index is 0.205. The molecule has 42 heavy (non-hydrogen) atoms. The van der Waals surface area contributed by atoms with Crippen molar-refractivity contribution < 1.29 is 0 Å². The molecule has 0 atom stereocenters. The summed E-state index contributed by atoms with van der Waals surface area (Å²) in [6.45, 7) is 14.5. The lowest BCUT2D eigenvalue weighted by molar-refractivity contribution is 0.702. The van der Waals surface area contributed by atoms with Crippen LogP contribution in [0.1, 0.15) is 52.7 Å². The van der Waals surface area contributed by atoms with E-state index in [1.807, 2.05) is 12.4 Å². The Hall–Kier alpha value is -3.32. The van der Waals surface area contributed by atoms with Crippen LogP contribution in [0, 0.1) is 0 Å². The highest BCUT2D eigenvalue weighted by molar-refractivity contribution is 7.71. The molecule has 0 aliphatic heterocycles. The zero-order chi connectivity index (χ0) is 29.7. The average molecular weight is 591 g/mol. The monoisotopic (exact) mass is 590 g/mol. The fourth-order valence-corrected chi connectivity index (χ4v) is 11.3. The molecule has 0 radical (unpaired) electrons. The minimum atomic E-state index is -0.910. The average Bonchev–Trinajstić information content (AvgIpc) is 2.99. The van der Waals surface area contributed by atoms with E-state index in [0.717, 1.165) is 23.2 Å². The van der Waals surface area contributed by atoms with Crippen molar-refractivity contribution in [2.45, 2.75) is 64.2 Å². The van der Waals surface area contributed by atoms with Gasteiger partial charge in [-0.1, -0.05) is 110 Å². The third-order valence-corrected chi connectivity index (χ3v) is 13.6. The summed E-state index contributed by atoms with van der Waals surface area (Å²) in [6.07, 6.45) is 12.7. The minimum Gasteiger partial charge on any atom is -0.261 e. The molecular formula is C36H40N4P2. The van der Waals surface area contributed by atoms with Crippen LogP contribution < -0.4 is 10.9 Å². The molecule has 214 valence electrons. The van der Waals surface area contributed by atoms with Crippen LogP contribution in [0.15, 0.2) is 110 Å². The molecule has 0 saturated heterocycles. The molecule has 0 amide bonds. The van der Waals surface area contributed by atoms with Gasteiger partial charge < -0.3 is 0 Å². The Labute approximate surface area is 253 Å². The number of nitrogens with zero attached hydrogens (tertiary/aromatic N) is 4. The summed E-state index contributed by atoms with van der Waals surface area (Å²) in [5, 5.41) is 0.410. The van der Waals surface area contributed by atoms with Crippen molar-refractivity contribution in [1.29, 1.82) is 0 Å². The van der Waals surface area contributed by atoms with E-state index in [2.05, 4.69) is 124 Å². The highest BCUT2D eigenvalue weighted by Gasteiger charge is 2.35. The zero-order valence-electron chi connectivity index (χ0n) is 25.5. The van der Waals surface area contributed by atoms with E-state index >= 15 is 0 Å². The van der Waals surface area contributed by atoms with Gasteiger partial charge in [0.15, 0.2) is 0 Å². The number of hydrogen-bond donors (Lipinski definition) is 0. The SMILES string of the molecule is CC(C)(C)P(Cc1cc(-c2ccccc2)c(-c2ccccc2)cc1CP(c1cnccn1)c1cnccn1)C(C)(C)C. The molecule has 0 fully saturated rings. The van der Waals surface area contributed by atoms with Crippen molar-refractivity contribution in [3.8, 4) is 22.3 Å². The van der Waals surface area contributed by atoms with Crippen LogP contribution in [0.5, 0.6) is 0 Å². The zero-order valence-corrected chi connectivity index (χ0v) is 27.3. The fourth-order valence-electron chi connectivity index (χ4n) is 5.66. The van der Waals surface area contributed by atoms with Gasteiger partial charge in [-0.15, -0.1) is 0 Å². The molecule has 2 aromatic heterocycles. The Morgan fingerprint density at radius 2 is 0.976 bits per heavy atom. The molecule has 5 aromatic rings. The van der Waals surface area contributed by atoms with E-state index in [0.29, 0.717) is 0 Å². The summed E-state index contributed by atoms with van der Waals surface area (Å²) in [4.78, 5) is 18.4. The van der Waals surface area contributed by atoms with Gasteiger partial charge in [0.25, 0.3) is 0 Å². The van der Waals surface area contributed by atoms with Crippen LogP contribution in [0.3, 0.4) is 0 Å². The van der Waals surface area contributed by atoms with Gasteiger partial charge in [0.05, 0.1) is 23.3 Å². The smallest absolute Gasteiger partial charge is 0.0877 e. The Bertz CT molecular complexity index is 1530. The molecular weight excluding hydrogens is 550 g/mol. The molecule has 3 aromatic carbocycles. The van der Waals surface area contributed by atoms with Crippen LogP contribution in [0.2, 0.25) is 0 Å². The molecule has 0 spiro atoms. The lowest BCUT2D eigenvalue weighted by atomic mass is 9.91. The van der Waals surface area contributed by atoms with Crippen molar-refractivity contribution in [1.82, 2.24) is 19.9 Å². The van der Waals surface area contributed by atoms with Gasteiger partial charge in [-0.25, -0.2) is 0 Å². The third-order valence-electron chi connectivity index (χ3n) is 7.44. The third kappa shape index (κ3) is 7.17. The molecule has 2 heterocycles. The van der Waals surface area contributed by atoms with Crippen LogP contribution in [-0.2, 0) is 12.3 Å². The first kappa shape index (κ1) is 30.1. The number of benzene rings is 3. The predicted octanol–water partition coefficient (Wildman–Crippen LogP) is 8.81. The first-order chi connectivity index (χ1) is 20.1. The second-order valence-electron chi connectivity index (χ2n) is 12.5. The van der Waals surface area contributed by atoms with Gasteiger partial charge in [0.1, 0.15) is 0 Å². The summed E-state index contributed by atoms with van der Waals surface area (Å²) in [6, 6.07) is 26.5. The van der Waals surface area contributed by atoms with Crippen LogP contribution >= 0.6 is 15.8 Å². The quantitative estimate of drug-likeness (QED) is 0.170. The predicted molar refractivity (Wildman–Crippen MR) is 181 cm³/mol. The maximum absolute atomic E-state index is 4.77.